The van der Waals surface area contributed by atoms with E-state index in [0.29, 0.717) is 43.5 Å². The maximum Gasteiger partial charge on any atom is 0.416 e. The highest BCUT2D eigenvalue weighted by Gasteiger charge is 2.30. The van der Waals surface area contributed by atoms with Gasteiger partial charge in [0.15, 0.2) is 0 Å². The van der Waals surface area contributed by atoms with Crippen LogP contribution in [0, 0.1) is 0 Å². The van der Waals surface area contributed by atoms with E-state index in [-0.39, 0.29) is 5.57 Å². The Bertz CT molecular complexity index is 851. The minimum Gasteiger partial charge on any atom is -0.476 e. The van der Waals surface area contributed by atoms with E-state index >= 15 is 0 Å². The van der Waals surface area contributed by atoms with Crippen molar-refractivity contribution in [1.29, 1.82) is 0 Å². The second-order valence-electron chi connectivity index (χ2n) is 6.14. The van der Waals surface area contributed by atoms with Gasteiger partial charge in [-0.1, -0.05) is 12.1 Å². The highest BCUT2D eigenvalue weighted by atomic mass is 19.4. The number of fused-ring (bicyclic) bond motifs is 1. The zero-order chi connectivity index (χ0) is 18.9. The number of aromatic nitrogens is 2. The molecule has 1 N–H and O–H groups in total. The lowest BCUT2D eigenvalue weighted by Gasteiger charge is -2.18. The van der Waals surface area contributed by atoms with Gasteiger partial charge in [-0.05, 0) is 48.9 Å². The molecular weight excluding hydrogens is 352 g/mol. The summed E-state index contributed by atoms with van der Waals surface area (Å²) in [6.07, 6.45) is -0.741. The molecular formula is C18H16F4N2O2. The van der Waals surface area contributed by atoms with Crippen molar-refractivity contribution in [3.8, 4) is 0 Å². The molecule has 138 valence electrons. The van der Waals surface area contributed by atoms with Gasteiger partial charge in [0.1, 0.15) is 0 Å². The second kappa shape index (κ2) is 6.93. The summed E-state index contributed by atoms with van der Waals surface area (Å²) in [5.41, 5.74) is 1.36. The number of benzene rings is 1. The van der Waals surface area contributed by atoms with Gasteiger partial charge in [-0.15, -0.1) is 0 Å². The molecule has 1 aromatic carbocycles. The summed E-state index contributed by atoms with van der Waals surface area (Å²) in [6, 6.07) is 4.83. The number of nitrogens with zero attached hydrogens (tertiary/aromatic N) is 2. The van der Waals surface area contributed by atoms with E-state index in [4.69, 9.17) is 5.11 Å². The van der Waals surface area contributed by atoms with Crippen LogP contribution in [0.3, 0.4) is 0 Å². The first kappa shape index (κ1) is 18.2. The molecule has 0 unspecified atom stereocenters. The minimum atomic E-state index is -4.38. The van der Waals surface area contributed by atoms with Gasteiger partial charge < -0.3 is 5.11 Å². The number of allylic oxidation sites excluding steroid dienone is 1. The third-order valence-corrected chi connectivity index (χ3v) is 4.42. The van der Waals surface area contributed by atoms with Crippen molar-refractivity contribution < 1.29 is 27.5 Å². The van der Waals surface area contributed by atoms with Crippen molar-refractivity contribution in [3.05, 3.63) is 58.7 Å². The van der Waals surface area contributed by atoms with Gasteiger partial charge in [-0.3, -0.25) is 4.68 Å². The SMILES string of the molecule is O=C(O)/C(F)=C1\CCCc2cnn(CCc3ccc(C(F)(F)F)cc3)c21. The maximum atomic E-state index is 14.0. The molecule has 0 spiro atoms. The Balaban J connectivity index is 1.81. The Kier molecular flexibility index (Phi) is 4.84. The monoisotopic (exact) mass is 368 g/mol. The van der Waals surface area contributed by atoms with Crippen LogP contribution >= 0.6 is 0 Å². The molecule has 0 fully saturated rings. The number of aliphatic carboxylic acids is 1. The summed E-state index contributed by atoms with van der Waals surface area (Å²) in [4.78, 5) is 11.0. The quantitative estimate of drug-likeness (QED) is 0.649. The van der Waals surface area contributed by atoms with Crippen molar-refractivity contribution in [2.75, 3.05) is 0 Å². The van der Waals surface area contributed by atoms with Gasteiger partial charge in [0, 0.05) is 12.1 Å². The van der Waals surface area contributed by atoms with E-state index in [9.17, 15) is 22.4 Å². The molecule has 1 aliphatic carbocycles. The molecule has 0 amide bonds. The predicted molar refractivity (Wildman–Crippen MR) is 86.0 cm³/mol. The Labute approximate surface area is 146 Å². The van der Waals surface area contributed by atoms with Crippen LogP contribution in [0.5, 0.6) is 0 Å². The zero-order valence-electron chi connectivity index (χ0n) is 13.7. The number of carboxylic acids is 1. The summed E-state index contributed by atoms with van der Waals surface area (Å²) < 4.78 is 53.3. The summed E-state index contributed by atoms with van der Waals surface area (Å²) in [6.45, 7) is 0.317. The van der Waals surface area contributed by atoms with Gasteiger partial charge in [0.05, 0.1) is 17.5 Å². The summed E-state index contributed by atoms with van der Waals surface area (Å²) >= 11 is 0. The number of aryl methyl sites for hydroxylation is 3. The minimum absolute atomic E-state index is 0.128. The standard InChI is InChI=1S/C18H16F4N2O2/c19-15(17(25)26)14-3-1-2-12-10-23-24(16(12)14)9-8-11-4-6-13(7-5-11)18(20,21)22/h4-7,10H,1-3,8-9H2,(H,25,26)/b15-14-. The van der Waals surface area contributed by atoms with Crippen LogP contribution in [-0.2, 0) is 30.4 Å². The van der Waals surface area contributed by atoms with Gasteiger partial charge in [0.2, 0.25) is 5.83 Å². The average Bonchev–Trinajstić information content (AvgIpc) is 3.02. The van der Waals surface area contributed by atoms with E-state index in [0.717, 1.165) is 17.7 Å². The fourth-order valence-corrected chi connectivity index (χ4v) is 3.14. The molecule has 1 heterocycles. The van der Waals surface area contributed by atoms with Crippen molar-refractivity contribution in [2.45, 2.75) is 38.4 Å². The van der Waals surface area contributed by atoms with Crippen LogP contribution < -0.4 is 0 Å². The fraction of sp³-hybridized carbons (Fsp3) is 0.333. The molecule has 0 aliphatic heterocycles. The fourth-order valence-electron chi connectivity index (χ4n) is 3.14. The van der Waals surface area contributed by atoms with Crippen molar-refractivity contribution in [2.24, 2.45) is 0 Å². The molecule has 0 radical (unpaired) electrons. The number of hydrogen-bond acceptors (Lipinski definition) is 2. The highest BCUT2D eigenvalue weighted by Crippen LogP contribution is 2.34. The van der Waals surface area contributed by atoms with E-state index < -0.39 is 23.5 Å². The second-order valence-corrected chi connectivity index (χ2v) is 6.14. The van der Waals surface area contributed by atoms with Gasteiger partial charge in [-0.2, -0.15) is 22.7 Å². The zero-order valence-corrected chi connectivity index (χ0v) is 13.7. The van der Waals surface area contributed by atoms with Crippen LogP contribution in [0.1, 0.15) is 35.2 Å². The van der Waals surface area contributed by atoms with Crippen LogP contribution in [0.4, 0.5) is 17.6 Å². The van der Waals surface area contributed by atoms with Gasteiger partial charge in [0.25, 0.3) is 0 Å². The molecule has 8 heteroatoms. The van der Waals surface area contributed by atoms with Crippen molar-refractivity contribution >= 4 is 11.5 Å². The lowest BCUT2D eigenvalue weighted by atomic mass is 9.92. The number of halogens is 4. The number of carbonyl (C=O) groups is 1. The third kappa shape index (κ3) is 3.63. The molecule has 0 saturated heterocycles. The molecule has 4 nitrogen and oxygen atoms in total. The van der Waals surface area contributed by atoms with E-state index in [1.54, 1.807) is 6.20 Å². The number of alkyl halides is 3. The van der Waals surface area contributed by atoms with E-state index in [2.05, 4.69) is 5.10 Å². The number of hydrogen-bond donors (Lipinski definition) is 1. The average molecular weight is 368 g/mol. The van der Waals surface area contributed by atoms with Crippen LogP contribution in [0.2, 0.25) is 0 Å². The lowest BCUT2D eigenvalue weighted by Crippen LogP contribution is -2.13. The first-order chi connectivity index (χ1) is 12.3. The molecule has 0 saturated carbocycles. The smallest absolute Gasteiger partial charge is 0.416 e. The normalized spacial score (nSPS) is 16.3. The predicted octanol–water partition coefficient (Wildman–Crippen LogP) is 4.25. The van der Waals surface area contributed by atoms with Crippen LogP contribution in [-0.4, -0.2) is 20.9 Å². The van der Waals surface area contributed by atoms with Crippen molar-refractivity contribution in [1.82, 2.24) is 9.78 Å². The van der Waals surface area contributed by atoms with Crippen molar-refractivity contribution in [3.63, 3.8) is 0 Å². The molecule has 3 rings (SSSR count). The van der Waals surface area contributed by atoms with Crippen LogP contribution in [0.25, 0.3) is 5.57 Å². The molecule has 0 atom stereocenters. The van der Waals surface area contributed by atoms with Crippen LogP contribution in [0.15, 0.2) is 36.3 Å². The molecule has 1 aliphatic rings. The maximum absolute atomic E-state index is 14.0. The number of carboxylic acid groups (broad SMARTS) is 1. The van der Waals surface area contributed by atoms with Gasteiger partial charge >= 0.3 is 12.1 Å². The van der Waals surface area contributed by atoms with E-state index in [1.807, 2.05) is 0 Å². The summed E-state index contributed by atoms with van der Waals surface area (Å²) in [7, 11) is 0. The first-order valence-corrected chi connectivity index (χ1v) is 8.10. The molecule has 1 aromatic heterocycles. The molecule has 2 aromatic rings. The Morgan fingerprint density at radius 3 is 2.50 bits per heavy atom. The first-order valence-electron chi connectivity index (χ1n) is 8.10. The Morgan fingerprint density at radius 2 is 1.88 bits per heavy atom. The molecule has 0 bridgehead atoms. The topological polar surface area (TPSA) is 55.1 Å². The number of rotatable bonds is 4. The summed E-state index contributed by atoms with van der Waals surface area (Å²) in [5, 5.41) is 13.1. The lowest BCUT2D eigenvalue weighted by molar-refractivity contribution is -0.137. The Morgan fingerprint density at radius 1 is 1.19 bits per heavy atom. The van der Waals surface area contributed by atoms with E-state index in [1.165, 1.54) is 16.8 Å². The molecule has 26 heavy (non-hydrogen) atoms. The Hall–Kier alpha value is -2.64. The largest absolute Gasteiger partial charge is 0.476 e. The summed E-state index contributed by atoms with van der Waals surface area (Å²) in [5.74, 6) is -2.79. The third-order valence-electron chi connectivity index (χ3n) is 4.42. The van der Waals surface area contributed by atoms with Gasteiger partial charge in [-0.25, -0.2) is 4.79 Å². The highest BCUT2D eigenvalue weighted by molar-refractivity contribution is 5.94.